The first-order chi connectivity index (χ1) is 12.6. The molecule has 0 saturated carbocycles. The Hall–Kier alpha value is -2.60. The molecule has 1 aliphatic heterocycles. The summed E-state index contributed by atoms with van der Waals surface area (Å²) in [7, 11) is 0. The molecule has 0 bridgehead atoms. The molecule has 1 N–H and O–H groups in total. The molecular weight excluding hydrogens is 344 g/mol. The number of nitrogens with one attached hydrogen (secondary N) is 1. The van der Waals surface area contributed by atoms with Gasteiger partial charge in [0.15, 0.2) is 5.69 Å². The Morgan fingerprint density at radius 1 is 1.12 bits per heavy atom. The molecule has 2 aromatic heterocycles. The molecule has 1 aliphatic rings. The Kier molecular flexibility index (Phi) is 4.51. The van der Waals surface area contributed by atoms with Crippen LogP contribution in [0.2, 0.25) is 0 Å². The van der Waals surface area contributed by atoms with Crippen LogP contribution in [0.1, 0.15) is 21.6 Å². The van der Waals surface area contributed by atoms with E-state index in [-0.39, 0.29) is 5.91 Å². The fraction of sp³-hybridized carbons (Fsp3) is 0.300. The number of carbonyl (C=O) groups is 1. The predicted molar refractivity (Wildman–Crippen MR) is 106 cm³/mol. The first-order valence-corrected chi connectivity index (χ1v) is 9.70. The number of aryl methyl sites for hydroxylation is 2. The Balaban J connectivity index is 1.42. The second kappa shape index (κ2) is 6.96. The van der Waals surface area contributed by atoms with Gasteiger partial charge in [-0.25, -0.2) is 0 Å². The number of aromatic nitrogens is 2. The molecule has 0 radical (unpaired) electrons. The third kappa shape index (κ3) is 3.24. The molecule has 0 unspecified atom stereocenters. The van der Waals surface area contributed by atoms with Gasteiger partial charge in [0.25, 0.3) is 5.91 Å². The highest BCUT2D eigenvalue weighted by Crippen LogP contribution is 2.25. The van der Waals surface area contributed by atoms with E-state index in [9.17, 15) is 4.79 Å². The smallest absolute Gasteiger partial charge is 0.274 e. The molecule has 3 aromatic rings. The molecule has 1 saturated heterocycles. The molecule has 0 spiro atoms. The number of hydrogen-bond acceptors (Lipinski definition) is 4. The molecule has 5 nitrogen and oxygen atoms in total. The van der Waals surface area contributed by atoms with Crippen molar-refractivity contribution in [3.05, 3.63) is 58.6 Å². The van der Waals surface area contributed by atoms with E-state index < -0.39 is 0 Å². The number of piperazine rings is 1. The van der Waals surface area contributed by atoms with Crippen LogP contribution >= 0.6 is 11.3 Å². The maximum absolute atomic E-state index is 12.8. The number of benzene rings is 1. The molecule has 134 valence electrons. The summed E-state index contributed by atoms with van der Waals surface area (Å²) >= 11 is 1.63. The molecule has 0 aliphatic carbocycles. The third-order valence-corrected chi connectivity index (χ3v) is 5.75. The zero-order valence-electron chi connectivity index (χ0n) is 15.0. The molecule has 6 heteroatoms. The summed E-state index contributed by atoms with van der Waals surface area (Å²) in [6, 6.07) is 12.4. The Bertz CT molecular complexity index is 908. The van der Waals surface area contributed by atoms with Crippen LogP contribution < -0.4 is 4.90 Å². The highest BCUT2D eigenvalue weighted by atomic mass is 32.1. The van der Waals surface area contributed by atoms with E-state index in [1.807, 2.05) is 28.5 Å². The van der Waals surface area contributed by atoms with Crippen LogP contribution in [-0.2, 0) is 0 Å². The fourth-order valence-corrected chi connectivity index (χ4v) is 4.15. The van der Waals surface area contributed by atoms with Crippen LogP contribution in [-0.4, -0.2) is 47.2 Å². The van der Waals surface area contributed by atoms with Crippen LogP contribution in [0.3, 0.4) is 0 Å². The minimum atomic E-state index is 0.00401. The van der Waals surface area contributed by atoms with Crippen molar-refractivity contribution in [2.24, 2.45) is 0 Å². The van der Waals surface area contributed by atoms with Crippen molar-refractivity contribution >= 4 is 22.9 Å². The Morgan fingerprint density at radius 2 is 1.92 bits per heavy atom. The lowest BCUT2D eigenvalue weighted by Gasteiger charge is -2.36. The predicted octanol–water partition coefficient (Wildman–Crippen LogP) is 3.72. The highest BCUT2D eigenvalue weighted by molar-refractivity contribution is 7.13. The summed E-state index contributed by atoms with van der Waals surface area (Å²) in [5.41, 5.74) is 5.23. The van der Waals surface area contributed by atoms with Crippen LogP contribution in [0.5, 0.6) is 0 Å². The number of nitrogens with zero attached hydrogens (tertiary/aromatic N) is 3. The topological polar surface area (TPSA) is 52.2 Å². The number of anilines is 1. The molecule has 4 rings (SSSR count). The first-order valence-electron chi connectivity index (χ1n) is 8.82. The molecule has 1 amide bonds. The van der Waals surface area contributed by atoms with Crippen molar-refractivity contribution in [3.8, 4) is 10.6 Å². The van der Waals surface area contributed by atoms with Gasteiger partial charge in [-0.05, 0) is 43.0 Å². The first kappa shape index (κ1) is 16.8. The van der Waals surface area contributed by atoms with Gasteiger partial charge in [-0.2, -0.15) is 5.10 Å². The van der Waals surface area contributed by atoms with E-state index in [0.29, 0.717) is 18.8 Å². The van der Waals surface area contributed by atoms with E-state index in [4.69, 9.17) is 0 Å². The zero-order valence-corrected chi connectivity index (χ0v) is 15.8. The maximum Gasteiger partial charge on any atom is 0.274 e. The number of hydrogen-bond donors (Lipinski definition) is 1. The number of carbonyl (C=O) groups excluding carboxylic acids is 1. The monoisotopic (exact) mass is 366 g/mol. The molecule has 0 atom stereocenters. The van der Waals surface area contributed by atoms with E-state index in [1.165, 1.54) is 16.8 Å². The largest absolute Gasteiger partial charge is 0.368 e. The standard InChI is InChI=1S/C20H22N4OS/c1-14-5-6-18(15(2)12-14)23-7-9-24(10-8-23)20(25)17-13-16(21-22-17)19-4-3-11-26-19/h3-6,11-13H,7-10H2,1-2H3,(H,21,22). The van der Waals surface area contributed by atoms with Gasteiger partial charge in [0, 0.05) is 31.9 Å². The van der Waals surface area contributed by atoms with Gasteiger partial charge in [-0.15, -0.1) is 11.3 Å². The van der Waals surface area contributed by atoms with Gasteiger partial charge < -0.3 is 9.80 Å². The van der Waals surface area contributed by atoms with Gasteiger partial charge in [0.05, 0.1) is 10.6 Å². The van der Waals surface area contributed by atoms with Crippen molar-refractivity contribution < 1.29 is 4.79 Å². The summed E-state index contributed by atoms with van der Waals surface area (Å²) in [6.45, 7) is 7.38. The van der Waals surface area contributed by atoms with Crippen LogP contribution in [0.25, 0.3) is 10.6 Å². The summed E-state index contributed by atoms with van der Waals surface area (Å²) in [4.78, 5) is 18.1. The minimum Gasteiger partial charge on any atom is -0.368 e. The minimum absolute atomic E-state index is 0.00401. The Labute approximate surface area is 157 Å². The van der Waals surface area contributed by atoms with Gasteiger partial charge in [-0.3, -0.25) is 9.89 Å². The number of amides is 1. The van der Waals surface area contributed by atoms with Crippen LogP contribution in [0.15, 0.2) is 41.8 Å². The fourth-order valence-electron chi connectivity index (χ4n) is 3.46. The molecule has 26 heavy (non-hydrogen) atoms. The van der Waals surface area contributed by atoms with E-state index in [1.54, 1.807) is 11.3 Å². The molecule has 1 fully saturated rings. The average molecular weight is 366 g/mol. The number of rotatable bonds is 3. The van der Waals surface area contributed by atoms with E-state index in [0.717, 1.165) is 23.7 Å². The number of aromatic amines is 1. The maximum atomic E-state index is 12.8. The van der Waals surface area contributed by atoms with E-state index in [2.05, 4.69) is 47.1 Å². The summed E-state index contributed by atoms with van der Waals surface area (Å²) in [5, 5.41) is 9.22. The normalized spacial score (nSPS) is 14.7. The van der Waals surface area contributed by atoms with Gasteiger partial charge in [0.1, 0.15) is 0 Å². The second-order valence-electron chi connectivity index (χ2n) is 6.71. The lowest BCUT2D eigenvalue weighted by molar-refractivity contribution is 0.0741. The lowest BCUT2D eigenvalue weighted by atomic mass is 10.1. The molecule has 3 heterocycles. The number of thiophene rings is 1. The van der Waals surface area contributed by atoms with Gasteiger partial charge in [-0.1, -0.05) is 23.8 Å². The summed E-state index contributed by atoms with van der Waals surface area (Å²) in [6.07, 6.45) is 0. The second-order valence-corrected chi connectivity index (χ2v) is 7.66. The van der Waals surface area contributed by atoms with Crippen LogP contribution in [0, 0.1) is 13.8 Å². The average Bonchev–Trinajstić information content (AvgIpc) is 3.33. The van der Waals surface area contributed by atoms with Gasteiger partial charge >= 0.3 is 0 Å². The summed E-state index contributed by atoms with van der Waals surface area (Å²) in [5.74, 6) is 0.00401. The highest BCUT2D eigenvalue weighted by Gasteiger charge is 2.24. The van der Waals surface area contributed by atoms with Crippen molar-refractivity contribution in [1.29, 1.82) is 0 Å². The molecular formula is C20H22N4OS. The zero-order chi connectivity index (χ0) is 18.1. The van der Waals surface area contributed by atoms with Crippen molar-refractivity contribution in [1.82, 2.24) is 15.1 Å². The molecule has 1 aromatic carbocycles. The quantitative estimate of drug-likeness (QED) is 0.769. The van der Waals surface area contributed by atoms with Crippen molar-refractivity contribution in [3.63, 3.8) is 0 Å². The third-order valence-electron chi connectivity index (χ3n) is 4.84. The SMILES string of the molecule is Cc1ccc(N2CCN(C(=O)c3cc(-c4cccs4)[nH]n3)CC2)c(C)c1. The lowest BCUT2D eigenvalue weighted by Crippen LogP contribution is -2.49. The summed E-state index contributed by atoms with van der Waals surface area (Å²) < 4.78 is 0. The number of H-pyrrole nitrogens is 1. The van der Waals surface area contributed by atoms with Crippen molar-refractivity contribution in [2.75, 3.05) is 31.1 Å². The van der Waals surface area contributed by atoms with Crippen molar-refractivity contribution in [2.45, 2.75) is 13.8 Å². The van der Waals surface area contributed by atoms with Crippen LogP contribution in [0.4, 0.5) is 5.69 Å². The Morgan fingerprint density at radius 3 is 2.62 bits per heavy atom. The van der Waals surface area contributed by atoms with Gasteiger partial charge in [0.2, 0.25) is 0 Å². The van der Waals surface area contributed by atoms with E-state index >= 15 is 0 Å².